The Morgan fingerprint density at radius 1 is 1.21 bits per heavy atom. The molecule has 0 unspecified atom stereocenters. The standard InChI is InChI=1S/C12H18O2/c1-3-5-10-9-11(14-8-4-2)6-7-12(10)13/h6-7,9,13H,3-5,8H2,1-2H3. The number of benzene rings is 1. The lowest BCUT2D eigenvalue weighted by Crippen LogP contribution is -1.95. The normalized spacial score (nSPS) is 10.1. The van der Waals surface area contributed by atoms with Gasteiger partial charge < -0.3 is 9.84 Å². The predicted octanol–water partition coefficient (Wildman–Crippen LogP) is 3.13. The van der Waals surface area contributed by atoms with Crippen molar-refractivity contribution < 1.29 is 9.84 Å². The molecule has 0 bridgehead atoms. The third kappa shape index (κ3) is 2.95. The summed E-state index contributed by atoms with van der Waals surface area (Å²) in [7, 11) is 0. The van der Waals surface area contributed by atoms with Crippen molar-refractivity contribution in [3.8, 4) is 11.5 Å². The Kier molecular flexibility index (Phi) is 4.30. The molecule has 0 aliphatic heterocycles. The van der Waals surface area contributed by atoms with Crippen molar-refractivity contribution >= 4 is 0 Å². The van der Waals surface area contributed by atoms with Crippen LogP contribution >= 0.6 is 0 Å². The van der Waals surface area contributed by atoms with E-state index in [1.807, 2.05) is 12.1 Å². The van der Waals surface area contributed by atoms with Crippen molar-refractivity contribution in [1.82, 2.24) is 0 Å². The van der Waals surface area contributed by atoms with Gasteiger partial charge in [0.1, 0.15) is 11.5 Å². The quantitative estimate of drug-likeness (QED) is 0.780. The van der Waals surface area contributed by atoms with Crippen molar-refractivity contribution in [3.05, 3.63) is 23.8 Å². The van der Waals surface area contributed by atoms with Crippen LogP contribution in [0.3, 0.4) is 0 Å². The molecule has 0 aliphatic carbocycles. The molecule has 1 aromatic rings. The highest BCUT2D eigenvalue weighted by Crippen LogP contribution is 2.24. The van der Waals surface area contributed by atoms with Gasteiger partial charge >= 0.3 is 0 Å². The van der Waals surface area contributed by atoms with Crippen LogP contribution in [-0.4, -0.2) is 11.7 Å². The zero-order valence-electron chi connectivity index (χ0n) is 8.92. The first-order chi connectivity index (χ1) is 6.77. The van der Waals surface area contributed by atoms with Crippen LogP contribution in [0.5, 0.6) is 11.5 Å². The zero-order chi connectivity index (χ0) is 10.4. The van der Waals surface area contributed by atoms with Crippen LogP contribution in [0.4, 0.5) is 0 Å². The molecule has 0 saturated heterocycles. The number of phenols is 1. The van der Waals surface area contributed by atoms with E-state index in [-0.39, 0.29) is 0 Å². The molecular weight excluding hydrogens is 176 g/mol. The smallest absolute Gasteiger partial charge is 0.119 e. The fourth-order valence-corrected chi connectivity index (χ4v) is 1.34. The average molecular weight is 194 g/mol. The minimum Gasteiger partial charge on any atom is -0.508 e. The van der Waals surface area contributed by atoms with E-state index in [4.69, 9.17) is 4.74 Å². The topological polar surface area (TPSA) is 29.5 Å². The Morgan fingerprint density at radius 3 is 2.64 bits per heavy atom. The van der Waals surface area contributed by atoms with Gasteiger partial charge in [-0.3, -0.25) is 0 Å². The van der Waals surface area contributed by atoms with Crippen LogP contribution in [0.15, 0.2) is 18.2 Å². The lowest BCUT2D eigenvalue weighted by Gasteiger charge is -2.08. The number of rotatable bonds is 5. The monoisotopic (exact) mass is 194 g/mol. The summed E-state index contributed by atoms with van der Waals surface area (Å²) in [6.45, 7) is 4.91. The van der Waals surface area contributed by atoms with Gasteiger partial charge in [0.15, 0.2) is 0 Å². The molecule has 1 aromatic carbocycles. The van der Waals surface area contributed by atoms with Gasteiger partial charge in [0.05, 0.1) is 6.61 Å². The maximum Gasteiger partial charge on any atom is 0.119 e. The molecule has 0 aliphatic rings. The molecule has 78 valence electrons. The number of aryl methyl sites for hydroxylation is 1. The van der Waals surface area contributed by atoms with Crippen LogP contribution in [0, 0.1) is 0 Å². The van der Waals surface area contributed by atoms with Gasteiger partial charge in [-0.05, 0) is 36.6 Å². The summed E-state index contributed by atoms with van der Waals surface area (Å²) in [5, 5.41) is 9.54. The van der Waals surface area contributed by atoms with Crippen LogP contribution < -0.4 is 4.74 Å². The second-order valence-corrected chi connectivity index (χ2v) is 3.39. The largest absolute Gasteiger partial charge is 0.508 e. The summed E-state index contributed by atoms with van der Waals surface area (Å²) in [6.07, 6.45) is 2.93. The van der Waals surface area contributed by atoms with Crippen molar-refractivity contribution in [2.24, 2.45) is 0 Å². The van der Waals surface area contributed by atoms with E-state index >= 15 is 0 Å². The van der Waals surface area contributed by atoms with E-state index in [1.54, 1.807) is 6.07 Å². The van der Waals surface area contributed by atoms with Crippen molar-refractivity contribution in [3.63, 3.8) is 0 Å². The molecule has 2 heteroatoms. The zero-order valence-corrected chi connectivity index (χ0v) is 8.92. The fourth-order valence-electron chi connectivity index (χ4n) is 1.34. The van der Waals surface area contributed by atoms with Gasteiger partial charge in [-0.2, -0.15) is 0 Å². The summed E-state index contributed by atoms with van der Waals surface area (Å²) >= 11 is 0. The highest BCUT2D eigenvalue weighted by Gasteiger charge is 2.02. The Balaban J connectivity index is 2.72. The molecule has 0 atom stereocenters. The van der Waals surface area contributed by atoms with E-state index in [0.29, 0.717) is 5.75 Å². The molecule has 0 saturated carbocycles. The maximum atomic E-state index is 9.54. The summed E-state index contributed by atoms with van der Waals surface area (Å²) < 4.78 is 5.49. The Bertz CT molecular complexity index is 282. The molecule has 0 radical (unpaired) electrons. The molecule has 1 rings (SSSR count). The maximum absolute atomic E-state index is 9.54. The fraction of sp³-hybridized carbons (Fsp3) is 0.500. The van der Waals surface area contributed by atoms with Crippen LogP contribution in [0.25, 0.3) is 0 Å². The molecule has 0 aromatic heterocycles. The molecular formula is C12H18O2. The molecule has 0 fully saturated rings. The van der Waals surface area contributed by atoms with E-state index in [2.05, 4.69) is 13.8 Å². The Labute approximate surface area is 85.5 Å². The summed E-state index contributed by atoms with van der Waals surface area (Å²) in [5.74, 6) is 1.23. The third-order valence-electron chi connectivity index (χ3n) is 2.04. The molecule has 14 heavy (non-hydrogen) atoms. The lowest BCUT2D eigenvalue weighted by atomic mass is 10.1. The van der Waals surface area contributed by atoms with Crippen LogP contribution in [-0.2, 0) is 6.42 Å². The van der Waals surface area contributed by atoms with Crippen molar-refractivity contribution in [2.75, 3.05) is 6.61 Å². The van der Waals surface area contributed by atoms with Gasteiger partial charge in [0.25, 0.3) is 0 Å². The van der Waals surface area contributed by atoms with Gasteiger partial charge in [0.2, 0.25) is 0 Å². The first-order valence-corrected chi connectivity index (χ1v) is 5.22. The predicted molar refractivity (Wildman–Crippen MR) is 57.9 cm³/mol. The molecule has 1 N–H and O–H groups in total. The number of aromatic hydroxyl groups is 1. The Hall–Kier alpha value is -1.18. The second-order valence-electron chi connectivity index (χ2n) is 3.39. The Morgan fingerprint density at radius 2 is 2.00 bits per heavy atom. The molecule has 0 spiro atoms. The number of phenolic OH excluding ortho intramolecular Hbond substituents is 1. The van der Waals surface area contributed by atoms with Gasteiger partial charge in [0, 0.05) is 0 Å². The highest BCUT2D eigenvalue weighted by molar-refractivity contribution is 5.39. The van der Waals surface area contributed by atoms with Gasteiger partial charge in [-0.1, -0.05) is 20.3 Å². The number of ether oxygens (including phenoxy) is 1. The second kappa shape index (κ2) is 5.53. The van der Waals surface area contributed by atoms with Gasteiger partial charge in [-0.25, -0.2) is 0 Å². The van der Waals surface area contributed by atoms with Crippen molar-refractivity contribution in [2.45, 2.75) is 33.1 Å². The van der Waals surface area contributed by atoms with E-state index in [9.17, 15) is 5.11 Å². The average Bonchev–Trinajstić information content (AvgIpc) is 2.19. The summed E-state index contributed by atoms with van der Waals surface area (Å²) in [6, 6.07) is 5.44. The molecule has 2 nitrogen and oxygen atoms in total. The highest BCUT2D eigenvalue weighted by atomic mass is 16.5. The van der Waals surface area contributed by atoms with Crippen LogP contribution in [0.2, 0.25) is 0 Å². The summed E-state index contributed by atoms with van der Waals surface area (Å²) in [5.41, 5.74) is 0.973. The van der Waals surface area contributed by atoms with Crippen molar-refractivity contribution in [1.29, 1.82) is 0 Å². The third-order valence-corrected chi connectivity index (χ3v) is 2.04. The summed E-state index contributed by atoms with van der Waals surface area (Å²) in [4.78, 5) is 0. The van der Waals surface area contributed by atoms with E-state index in [0.717, 1.165) is 37.2 Å². The first-order valence-electron chi connectivity index (χ1n) is 5.22. The first kappa shape index (κ1) is 10.9. The molecule has 0 heterocycles. The van der Waals surface area contributed by atoms with E-state index < -0.39 is 0 Å². The molecule has 0 amide bonds. The van der Waals surface area contributed by atoms with Gasteiger partial charge in [-0.15, -0.1) is 0 Å². The SMILES string of the molecule is CCCOc1ccc(O)c(CCC)c1. The minimum atomic E-state index is 0.371. The van der Waals surface area contributed by atoms with E-state index in [1.165, 1.54) is 0 Å². The number of hydrogen-bond acceptors (Lipinski definition) is 2. The minimum absolute atomic E-state index is 0.371. The number of hydrogen-bond donors (Lipinski definition) is 1. The lowest BCUT2D eigenvalue weighted by molar-refractivity contribution is 0.316. The van der Waals surface area contributed by atoms with Crippen LogP contribution in [0.1, 0.15) is 32.3 Å².